The molecule has 82 valence electrons. The van der Waals surface area contributed by atoms with Gasteiger partial charge in [0.1, 0.15) is 0 Å². The van der Waals surface area contributed by atoms with Gasteiger partial charge in [0.05, 0.1) is 0 Å². The Morgan fingerprint density at radius 1 is 0.824 bits per heavy atom. The fourth-order valence-corrected chi connectivity index (χ4v) is 3.93. The van der Waals surface area contributed by atoms with Gasteiger partial charge in [-0.2, -0.15) is 0 Å². The van der Waals surface area contributed by atoms with Gasteiger partial charge in [0.2, 0.25) is 0 Å². The molecule has 0 N–H and O–H groups in total. The molecule has 0 aromatic heterocycles. The molecule has 2 aromatic carbocycles. The predicted octanol–water partition coefficient (Wildman–Crippen LogP) is 3.04. The summed E-state index contributed by atoms with van der Waals surface area (Å²) in [6, 6.07) is 18.0. The second-order valence-corrected chi connectivity index (χ2v) is 5.98. The van der Waals surface area contributed by atoms with Crippen LogP contribution in [-0.2, 0) is 0 Å². The van der Waals surface area contributed by atoms with Crippen LogP contribution in [0.2, 0.25) is 0 Å². The number of carbonyl (C=O) groups is 1. The molecule has 1 nitrogen and oxygen atoms in total. The van der Waals surface area contributed by atoms with Gasteiger partial charge in [-0.1, -0.05) is 0 Å². The van der Waals surface area contributed by atoms with Gasteiger partial charge in [-0.25, -0.2) is 0 Å². The van der Waals surface area contributed by atoms with E-state index in [9.17, 15) is 4.79 Å². The quantitative estimate of drug-likeness (QED) is 0.736. The van der Waals surface area contributed by atoms with Gasteiger partial charge in [-0.05, 0) is 0 Å². The monoisotopic (exact) mass is 286 g/mol. The van der Waals surface area contributed by atoms with E-state index in [1.54, 1.807) is 0 Å². The van der Waals surface area contributed by atoms with E-state index in [0.29, 0.717) is 0 Å². The van der Waals surface area contributed by atoms with Crippen molar-refractivity contribution in [2.75, 3.05) is 0 Å². The van der Waals surface area contributed by atoms with Crippen molar-refractivity contribution in [3.63, 3.8) is 0 Å². The van der Waals surface area contributed by atoms with Crippen LogP contribution in [0.5, 0.6) is 0 Å². The summed E-state index contributed by atoms with van der Waals surface area (Å²) in [4.78, 5) is 11.9. The van der Waals surface area contributed by atoms with Crippen LogP contribution in [0, 0.1) is 0 Å². The van der Waals surface area contributed by atoms with Crippen molar-refractivity contribution < 1.29 is 4.79 Å². The van der Waals surface area contributed by atoms with Gasteiger partial charge in [-0.3, -0.25) is 0 Å². The maximum atomic E-state index is 11.9. The first-order chi connectivity index (χ1) is 8.34. The zero-order valence-corrected chi connectivity index (χ0v) is 10.8. The third kappa shape index (κ3) is 1.97. The van der Waals surface area contributed by atoms with E-state index >= 15 is 0 Å². The fourth-order valence-electron chi connectivity index (χ4n) is 1.89. The first-order valence-electron chi connectivity index (χ1n) is 5.43. The number of benzene rings is 2. The molecule has 3 rings (SSSR count). The zero-order valence-electron chi connectivity index (χ0n) is 9.09. The Balaban J connectivity index is 2.08. The molecule has 0 saturated carbocycles. The van der Waals surface area contributed by atoms with Gasteiger partial charge in [-0.15, -0.1) is 0 Å². The molecule has 17 heavy (non-hydrogen) atoms. The number of fused-ring (bicyclic) bond motifs is 1. The summed E-state index contributed by atoms with van der Waals surface area (Å²) < 4.78 is 1.47. The van der Waals surface area contributed by atoms with Crippen LogP contribution in [0.1, 0.15) is 21.5 Å². The molecule has 1 aliphatic rings. The molecule has 0 unspecified atom stereocenters. The number of hydrogen-bond donors (Lipinski definition) is 0. The van der Waals surface area contributed by atoms with E-state index in [1.807, 2.05) is 42.5 Å². The Kier molecular flexibility index (Phi) is 2.68. The number of carbonyl (C=O) groups excluding carboxylic acids is 1. The summed E-state index contributed by atoms with van der Waals surface area (Å²) in [6.07, 6.45) is 2.13. The van der Waals surface area contributed by atoms with Crippen molar-refractivity contribution in [2.45, 2.75) is 0 Å². The summed E-state index contributed by atoms with van der Waals surface area (Å²) >= 11 is -0.0699. The Morgan fingerprint density at radius 3 is 2.24 bits per heavy atom. The van der Waals surface area contributed by atoms with Crippen LogP contribution < -0.4 is 0 Å². The van der Waals surface area contributed by atoms with E-state index in [0.717, 1.165) is 16.7 Å². The summed E-state index contributed by atoms with van der Waals surface area (Å²) in [5.41, 5.74) is 3.16. The van der Waals surface area contributed by atoms with Crippen molar-refractivity contribution >= 4 is 30.2 Å². The number of rotatable bonds is 1. The van der Waals surface area contributed by atoms with Crippen LogP contribution in [0.3, 0.4) is 0 Å². The number of hydrogen-bond acceptors (Lipinski definition) is 1. The standard InChI is InChI=1S/C15H10OSe/c16-15-13-9-5-4-8-12(13)14(17-15)10-11-6-2-1-3-7-11/h1-10H/b14-10-. The SMILES string of the molecule is O=C1[Se]/C(=C\c2ccccc2)c2ccccc21. The molecule has 1 heterocycles. The first kappa shape index (κ1) is 10.5. The van der Waals surface area contributed by atoms with Crippen molar-refractivity contribution in [1.82, 2.24) is 0 Å². The first-order valence-corrected chi connectivity index (χ1v) is 7.14. The van der Waals surface area contributed by atoms with Gasteiger partial charge >= 0.3 is 106 Å². The Morgan fingerprint density at radius 2 is 1.47 bits per heavy atom. The van der Waals surface area contributed by atoms with Crippen LogP contribution in [-0.4, -0.2) is 19.6 Å². The molecule has 2 heteroatoms. The summed E-state index contributed by atoms with van der Waals surface area (Å²) in [5, 5.41) is 0. The second-order valence-electron chi connectivity index (χ2n) is 3.85. The van der Waals surface area contributed by atoms with Crippen molar-refractivity contribution in [3.8, 4) is 0 Å². The minimum absolute atomic E-state index is 0.0699. The van der Waals surface area contributed by atoms with E-state index < -0.39 is 0 Å². The average molecular weight is 285 g/mol. The molecular formula is C15H10OSe. The third-order valence-electron chi connectivity index (χ3n) is 2.71. The summed E-state index contributed by atoms with van der Waals surface area (Å²) in [6.45, 7) is 0. The topological polar surface area (TPSA) is 17.1 Å². The van der Waals surface area contributed by atoms with Gasteiger partial charge < -0.3 is 0 Å². The van der Waals surface area contributed by atoms with Crippen LogP contribution >= 0.6 is 0 Å². The predicted molar refractivity (Wildman–Crippen MR) is 70.8 cm³/mol. The fraction of sp³-hybridized carbons (Fsp3) is 0. The molecule has 0 bridgehead atoms. The summed E-state index contributed by atoms with van der Waals surface area (Å²) in [7, 11) is 0. The molecule has 0 amide bonds. The molecule has 0 saturated heterocycles. The minimum atomic E-state index is -0.0699. The summed E-state index contributed by atoms with van der Waals surface area (Å²) in [5.74, 6) is 0. The Labute approximate surface area is 106 Å². The Hall–Kier alpha value is -1.63. The van der Waals surface area contributed by atoms with Crippen LogP contribution in [0.4, 0.5) is 0 Å². The third-order valence-corrected chi connectivity index (χ3v) is 4.73. The van der Waals surface area contributed by atoms with E-state index in [1.165, 1.54) is 4.47 Å². The molecule has 0 radical (unpaired) electrons. The van der Waals surface area contributed by atoms with E-state index in [-0.39, 0.29) is 19.6 Å². The molecule has 2 aromatic rings. The van der Waals surface area contributed by atoms with Crippen LogP contribution in [0.15, 0.2) is 54.6 Å². The van der Waals surface area contributed by atoms with Crippen molar-refractivity contribution in [3.05, 3.63) is 71.3 Å². The van der Waals surface area contributed by atoms with E-state index in [2.05, 4.69) is 18.2 Å². The van der Waals surface area contributed by atoms with Gasteiger partial charge in [0.25, 0.3) is 0 Å². The molecule has 0 spiro atoms. The van der Waals surface area contributed by atoms with Crippen LogP contribution in [0.25, 0.3) is 10.5 Å². The van der Waals surface area contributed by atoms with Crippen molar-refractivity contribution in [2.24, 2.45) is 0 Å². The van der Waals surface area contributed by atoms with E-state index in [4.69, 9.17) is 0 Å². The normalized spacial score (nSPS) is 16.2. The molecule has 1 aliphatic heterocycles. The molecule has 0 atom stereocenters. The van der Waals surface area contributed by atoms with Crippen molar-refractivity contribution in [1.29, 1.82) is 0 Å². The van der Waals surface area contributed by atoms with Gasteiger partial charge in [0, 0.05) is 0 Å². The molecule has 0 fully saturated rings. The molecular weight excluding hydrogens is 275 g/mol. The zero-order chi connectivity index (χ0) is 11.7. The second kappa shape index (κ2) is 4.32. The van der Waals surface area contributed by atoms with Gasteiger partial charge in [0.15, 0.2) is 0 Å². The Bertz CT molecular complexity index is 599. The maximum absolute atomic E-state index is 11.9. The average Bonchev–Trinajstić information content (AvgIpc) is 2.69. The molecule has 0 aliphatic carbocycles.